The molecular weight excluding hydrogens is 424 g/mol. The second-order valence-corrected chi connectivity index (χ2v) is 14.1. The summed E-state index contributed by atoms with van der Waals surface area (Å²) in [6.45, 7) is 13.3. The van der Waals surface area contributed by atoms with Crippen LogP contribution in [0.2, 0.25) is 0 Å². The zero-order valence-electron chi connectivity index (χ0n) is 22.1. The first-order valence-electron chi connectivity index (χ1n) is 13.7. The van der Waals surface area contributed by atoms with Crippen LogP contribution in [0.5, 0.6) is 0 Å². The number of carbonyl (C=O) groups is 3. The van der Waals surface area contributed by atoms with E-state index in [0.29, 0.717) is 40.3 Å². The summed E-state index contributed by atoms with van der Waals surface area (Å²) >= 11 is 0. The van der Waals surface area contributed by atoms with Gasteiger partial charge in [-0.2, -0.15) is 0 Å². The molecule has 0 radical (unpaired) electrons. The third kappa shape index (κ3) is 2.86. The first-order chi connectivity index (χ1) is 15.8. The maximum atomic E-state index is 12.8. The molecule has 0 aromatic rings. The molecule has 8 atom stereocenters. The van der Waals surface area contributed by atoms with Gasteiger partial charge in [0.25, 0.3) is 0 Å². The zero-order chi connectivity index (χ0) is 24.9. The van der Waals surface area contributed by atoms with Gasteiger partial charge in [0.15, 0.2) is 5.78 Å². The van der Waals surface area contributed by atoms with E-state index < -0.39 is 5.97 Å². The maximum Gasteiger partial charge on any atom is 0.331 e. The van der Waals surface area contributed by atoms with Crippen molar-refractivity contribution >= 4 is 17.5 Å². The van der Waals surface area contributed by atoms with Crippen molar-refractivity contribution in [3.63, 3.8) is 0 Å². The third-order valence-electron chi connectivity index (χ3n) is 12.8. The molecule has 2 spiro atoms. The number of carboxylic acid groups (broad SMARTS) is 1. The van der Waals surface area contributed by atoms with E-state index in [-0.39, 0.29) is 28.1 Å². The highest BCUT2D eigenvalue weighted by Gasteiger charge is 2.82. The van der Waals surface area contributed by atoms with E-state index in [1.165, 1.54) is 57.9 Å². The highest BCUT2D eigenvalue weighted by atomic mass is 16.4. The zero-order valence-corrected chi connectivity index (χ0v) is 22.1. The van der Waals surface area contributed by atoms with Crippen molar-refractivity contribution in [1.82, 2.24) is 0 Å². The second kappa shape index (κ2) is 7.29. The van der Waals surface area contributed by atoms with Gasteiger partial charge >= 0.3 is 5.97 Å². The number of carbonyl (C=O) groups excluding carboxylic acids is 2. The van der Waals surface area contributed by atoms with Crippen LogP contribution in [0.25, 0.3) is 0 Å². The molecule has 5 aliphatic rings. The lowest BCUT2D eigenvalue weighted by Gasteiger charge is -2.62. The molecule has 0 aromatic heterocycles. The Hall–Kier alpha value is -1.45. The number of hydrogen-bond donors (Lipinski definition) is 1. The number of hydrogen-bond acceptors (Lipinski definition) is 3. The molecule has 1 N–H and O–H groups in total. The Labute approximate surface area is 205 Å². The van der Waals surface area contributed by atoms with Gasteiger partial charge in [-0.3, -0.25) is 9.59 Å². The van der Waals surface area contributed by atoms with Gasteiger partial charge in [0.05, 0.1) is 0 Å². The molecule has 5 rings (SSSR count). The van der Waals surface area contributed by atoms with E-state index >= 15 is 0 Å². The van der Waals surface area contributed by atoms with E-state index in [0.717, 1.165) is 18.8 Å². The monoisotopic (exact) mass is 468 g/mol. The summed E-state index contributed by atoms with van der Waals surface area (Å²) in [7, 11) is 0. The molecule has 1 unspecified atom stereocenters. The van der Waals surface area contributed by atoms with Crippen LogP contribution in [0.3, 0.4) is 0 Å². The smallest absolute Gasteiger partial charge is 0.331 e. The van der Waals surface area contributed by atoms with Crippen molar-refractivity contribution < 1.29 is 19.5 Å². The highest BCUT2D eigenvalue weighted by Crippen LogP contribution is 2.88. The fourth-order valence-corrected chi connectivity index (χ4v) is 10.9. The summed E-state index contributed by atoms with van der Waals surface area (Å²) in [4.78, 5) is 36.6. The molecule has 4 nitrogen and oxygen atoms in total. The van der Waals surface area contributed by atoms with Gasteiger partial charge in [-0.1, -0.05) is 34.6 Å². The predicted octanol–water partition coefficient (Wildman–Crippen LogP) is 6.62. The fraction of sp³-hybridized carbons (Fsp3) is 0.833. The molecule has 4 heteroatoms. The summed E-state index contributed by atoms with van der Waals surface area (Å²) in [6, 6.07) is 0. The largest absolute Gasteiger partial charge is 0.478 e. The number of Topliss-reactive ketones (excluding diaryl/α,β-unsaturated/α-hetero) is 1. The lowest BCUT2D eigenvalue weighted by atomic mass is 9.42. The van der Waals surface area contributed by atoms with E-state index in [1.54, 1.807) is 0 Å². The summed E-state index contributed by atoms with van der Waals surface area (Å²) in [5.74, 6) is 1.50. The number of carboxylic acids is 1. The van der Waals surface area contributed by atoms with Crippen LogP contribution < -0.4 is 0 Å². The van der Waals surface area contributed by atoms with Crippen molar-refractivity contribution in [3.8, 4) is 0 Å². The topological polar surface area (TPSA) is 71.4 Å². The Morgan fingerprint density at radius 1 is 0.971 bits per heavy atom. The number of fused-ring (bicyclic) bond motifs is 2. The minimum atomic E-state index is -1.01. The summed E-state index contributed by atoms with van der Waals surface area (Å²) in [5.41, 5.74) is 1.32. The Bertz CT molecular complexity index is 976. The summed E-state index contributed by atoms with van der Waals surface area (Å²) in [6.07, 6.45) is 12.4. The van der Waals surface area contributed by atoms with Crippen molar-refractivity contribution in [2.45, 2.75) is 106 Å². The van der Waals surface area contributed by atoms with Crippen LogP contribution in [0.15, 0.2) is 11.6 Å². The van der Waals surface area contributed by atoms with Gasteiger partial charge in [0, 0.05) is 23.8 Å². The third-order valence-corrected chi connectivity index (χ3v) is 12.8. The number of allylic oxidation sites excluding steroid dienone is 1. The number of ketones is 2. The van der Waals surface area contributed by atoms with Crippen molar-refractivity contribution in [3.05, 3.63) is 11.6 Å². The van der Waals surface area contributed by atoms with Crippen LogP contribution in [-0.4, -0.2) is 22.6 Å². The minimum absolute atomic E-state index is 0.0485. The average Bonchev–Trinajstić information content (AvgIpc) is 3.33. The summed E-state index contributed by atoms with van der Waals surface area (Å²) < 4.78 is 0. The molecule has 0 aliphatic heterocycles. The molecule has 5 aliphatic carbocycles. The van der Waals surface area contributed by atoms with Gasteiger partial charge in [0.1, 0.15) is 5.78 Å². The Morgan fingerprint density at radius 2 is 1.62 bits per heavy atom. The Kier molecular flexibility index (Phi) is 5.20. The first kappa shape index (κ1) is 24.3. The standard InChI is InChI=1S/C30H44O4/c1-18(15-20(31)16-19(2)25(33)34)21-9-11-28(6)23-8-7-22-26(3,4)24(32)10-12-29(22)17-30(23,29)14-13-27(21,28)5/h16,18,21-23H,7-15,17H2,1-6H3,(H,33,34)/t18?,21-,22-,23-,27+,28-,29+,30-/m0/s1. The van der Waals surface area contributed by atoms with Crippen LogP contribution in [0.1, 0.15) is 106 Å². The quantitative estimate of drug-likeness (QED) is 0.460. The second-order valence-electron chi connectivity index (χ2n) is 14.1. The molecule has 188 valence electrons. The molecule has 5 saturated carbocycles. The molecule has 0 amide bonds. The van der Waals surface area contributed by atoms with Gasteiger partial charge in [0.2, 0.25) is 0 Å². The minimum Gasteiger partial charge on any atom is -0.478 e. The average molecular weight is 469 g/mol. The molecule has 0 bridgehead atoms. The number of aliphatic carboxylic acids is 1. The molecule has 0 saturated heterocycles. The lowest BCUT2D eigenvalue weighted by Crippen LogP contribution is -2.57. The predicted molar refractivity (Wildman–Crippen MR) is 132 cm³/mol. The Balaban J connectivity index is 1.39. The Morgan fingerprint density at radius 3 is 2.29 bits per heavy atom. The highest BCUT2D eigenvalue weighted by molar-refractivity contribution is 5.98. The van der Waals surface area contributed by atoms with Gasteiger partial charge in [-0.25, -0.2) is 4.79 Å². The molecule has 34 heavy (non-hydrogen) atoms. The number of rotatable bonds is 5. The van der Waals surface area contributed by atoms with E-state index in [1.807, 2.05) is 0 Å². The fourth-order valence-electron chi connectivity index (χ4n) is 10.9. The molecule has 0 aromatic carbocycles. The normalized spacial score (nSPS) is 47.6. The first-order valence-corrected chi connectivity index (χ1v) is 13.7. The van der Waals surface area contributed by atoms with Crippen LogP contribution in [0.4, 0.5) is 0 Å². The van der Waals surface area contributed by atoms with Gasteiger partial charge in [-0.05, 0) is 110 Å². The molecule has 5 fully saturated rings. The van der Waals surface area contributed by atoms with Crippen molar-refractivity contribution in [1.29, 1.82) is 0 Å². The van der Waals surface area contributed by atoms with Crippen LogP contribution >= 0.6 is 0 Å². The lowest BCUT2D eigenvalue weighted by molar-refractivity contribution is -0.157. The van der Waals surface area contributed by atoms with E-state index in [9.17, 15) is 14.4 Å². The summed E-state index contributed by atoms with van der Waals surface area (Å²) in [5, 5.41) is 9.13. The van der Waals surface area contributed by atoms with Gasteiger partial charge in [-0.15, -0.1) is 0 Å². The molecular formula is C30H44O4. The van der Waals surface area contributed by atoms with Crippen molar-refractivity contribution in [2.24, 2.45) is 50.7 Å². The van der Waals surface area contributed by atoms with Gasteiger partial charge < -0.3 is 5.11 Å². The van der Waals surface area contributed by atoms with Crippen LogP contribution in [-0.2, 0) is 14.4 Å². The molecule has 0 heterocycles. The SMILES string of the molecule is CC(=CC(=O)CC(C)[C@@H]1CC[C@@]2(C)[C@@H]3CC[C@H]4C(C)(C)C(=O)CC[C@@]45C[C@@]35CC[C@]12C)C(=O)O. The van der Waals surface area contributed by atoms with Crippen LogP contribution in [0, 0.1) is 50.7 Å². The van der Waals surface area contributed by atoms with E-state index in [2.05, 4.69) is 34.6 Å². The van der Waals surface area contributed by atoms with E-state index in [4.69, 9.17) is 5.11 Å². The van der Waals surface area contributed by atoms with Crippen molar-refractivity contribution in [2.75, 3.05) is 0 Å². The maximum absolute atomic E-state index is 12.8.